The van der Waals surface area contributed by atoms with Gasteiger partial charge in [0.1, 0.15) is 0 Å². The van der Waals surface area contributed by atoms with Crippen LogP contribution in [-0.4, -0.2) is 61.1 Å². The molecule has 1 atom stereocenters. The number of benzene rings is 1. The third kappa shape index (κ3) is 6.48. The minimum absolute atomic E-state index is 0. The lowest BCUT2D eigenvalue weighted by Gasteiger charge is -2.35. The fourth-order valence-corrected chi connectivity index (χ4v) is 4.13. The third-order valence-corrected chi connectivity index (χ3v) is 5.77. The largest absolute Gasteiger partial charge is 0.357 e. The zero-order valence-electron chi connectivity index (χ0n) is 17.7. The summed E-state index contributed by atoms with van der Waals surface area (Å²) in [5.74, 6) is 1.78. The van der Waals surface area contributed by atoms with Gasteiger partial charge in [0.15, 0.2) is 5.96 Å². The summed E-state index contributed by atoms with van der Waals surface area (Å²) in [4.78, 5) is 10.0. The number of likely N-dealkylation sites (tertiary alicyclic amines) is 1. The van der Waals surface area contributed by atoms with Crippen LogP contribution in [0, 0.1) is 5.92 Å². The van der Waals surface area contributed by atoms with Crippen LogP contribution in [0.1, 0.15) is 45.6 Å². The summed E-state index contributed by atoms with van der Waals surface area (Å²) >= 11 is 0. The van der Waals surface area contributed by atoms with Gasteiger partial charge in [0, 0.05) is 38.8 Å². The second-order valence-corrected chi connectivity index (χ2v) is 8.08. The average Bonchev–Trinajstić information content (AvgIpc) is 2.72. The van der Waals surface area contributed by atoms with Crippen molar-refractivity contribution in [1.82, 2.24) is 15.1 Å². The normalized spacial score (nSPS) is 21.3. The molecule has 1 saturated heterocycles. The van der Waals surface area contributed by atoms with Crippen LogP contribution in [0.2, 0.25) is 0 Å². The predicted molar refractivity (Wildman–Crippen MR) is 131 cm³/mol. The van der Waals surface area contributed by atoms with E-state index in [4.69, 9.17) is 4.99 Å². The molecule has 2 heterocycles. The summed E-state index contributed by atoms with van der Waals surface area (Å²) in [6.45, 7) is 13.1. The summed E-state index contributed by atoms with van der Waals surface area (Å²) in [5.41, 5.74) is 2.82. The van der Waals surface area contributed by atoms with Crippen LogP contribution in [0.15, 0.2) is 41.4 Å². The van der Waals surface area contributed by atoms with Crippen molar-refractivity contribution < 1.29 is 0 Å². The second kappa shape index (κ2) is 11.8. The number of hydrogen-bond donors (Lipinski definition) is 1. The maximum Gasteiger partial charge on any atom is 0.194 e. The summed E-state index contributed by atoms with van der Waals surface area (Å²) in [5, 5.41) is 3.51. The van der Waals surface area contributed by atoms with E-state index in [9.17, 15) is 0 Å². The van der Waals surface area contributed by atoms with Gasteiger partial charge in [0.05, 0.1) is 0 Å². The highest BCUT2D eigenvalue weighted by atomic mass is 127. The molecule has 1 fully saturated rings. The first-order chi connectivity index (χ1) is 13.2. The molecule has 1 N–H and O–H groups in total. The van der Waals surface area contributed by atoms with E-state index < -0.39 is 0 Å². The van der Waals surface area contributed by atoms with Crippen molar-refractivity contribution >= 4 is 35.5 Å². The lowest BCUT2D eigenvalue weighted by Crippen LogP contribution is -2.44. The molecule has 4 nitrogen and oxygen atoms in total. The minimum Gasteiger partial charge on any atom is -0.357 e. The number of nitrogens with one attached hydrogen (secondary N) is 1. The number of aliphatic imine (C=N–C) groups is 1. The maximum absolute atomic E-state index is 5.03. The van der Waals surface area contributed by atoms with Gasteiger partial charge in [0.2, 0.25) is 0 Å². The van der Waals surface area contributed by atoms with Crippen molar-refractivity contribution in [2.75, 3.05) is 39.3 Å². The van der Waals surface area contributed by atoms with Gasteiger partial charge in [-0.1, -0.05) is 36.4 Å². The molecule has 0 amide bonds. The average molecular weight is 496 g/mol. The second-order valence-electron chi connectivity index (χ2n) is 8.08. The van der Waals surface area contributed by atoms with Crippen molar-refractivity contribution in [3.8, 4) is 0 Å². The van der Waals surface area contributed by atoms with E-state index in [1.54, 1.807) is 0 Å². The summed E-state index contributed by atoms with van der Waals surface area (Å²) in [6.07, 6.45) is 6.07. The topological polar surface area (TPSA) is 30.9 Å². The van der Waals surface area contributed by atoms with E-state index in [2.05, 4.69) is 72.3 Å². The summed E-state index contributed by atoms with van der Waals surface area (Å²) in [7, 11) is 0. The molecule has 0 bridgehead atoms. The molecule has 0 radical (unpaired) electrons. The molecule has 0 saturated carbocycles. The van der Waals surface area contributed by atoms with Crippen molar-refractivity contribution in [2.24, 2.45) is 10.9 Å². The van der Waals surface area contributed by atoms with Crippen molar-refractivity contribution in [1.29, 1.82) is 0 Å². The van der Waals surface area contributed by atoms with Gasteiger partial charge in [0.25, 0.3) is 0 Å². The minimum atomic E-state index is 0. The molecule has 2 aliphatic rings. The van der Waals surface area contributed by atoms with Crippen LogP contribution in [0.3, 0.4) is 0 Å². The molecule has 3 rings (SSSR count). The van der Waals surface area contributed by atoms with Crippen molar-refractivity contribution in [3.63, 3.8) is 0 Å². The quantitative estimate of drug-likeness (QED) is 0.371. The fraction of sp³-hybridized carbons (Fsp3) is 0.609. The van der Waals surface area contributed by atoms with E-state index >= 15 is 0 Å². The molecule has 1 aromatic carbocycles. The van der Waals surface area contributed by atoms with Crippen LogP contribution in [0.4, 0.5) is 0 Å². The first kappa shape index (κ1) is 23.2. The first-order valence-corrected chi connectivity index (χ1v) is 10.7. The third-order valence-electron chi connectivity index (χ3n) is 5.77. The van der Waals surface area contributed by atoms with E-state index in [-0.39, 0.29) is 24.0 Å². The maximum atomic E-state index is 5.03. The van der Waals surface area contributed by atoms with Gasteiger partial charge >= 0.3 is 0 Å². The Kier molecular flexibility index (Phi) is 9.79. The fourth-order valence-electron chi connectivity index (χ4n) is 4.13. The van der Waals surface area contributed by atoms with Crippen LogP contribution >= 0.6 is 24.0 Å². The molecular formula is C23H37IN4. The molecular weight excluding hydrogens is 459 g/mol. The zero-order valence-corrected chi connectivity index (χ0v) is 20.1. The highest BCUT2D eigenvalue weighted by Gasteiger charge is 2.22. The Bertz CT molecular complexity index is 641. The Morgan fingerprint density at radius 1 is 1.21 bits per heavy atom. The zero-order chi connectivity index (χ0) is 19.1. The first-order valence-electron chi connectivity index (χ1n) is 10.7. The van der Waals surface area contributed by atoms with Gasteiger partial charge in [-0.15, -0.1) is 24.0 Å². The van der Waals surface area contributed by atoms with E-state index in [1.165, 1.54) is 37.1 Å². The molecule has 0 spiro atoms. The Morgan fingerprint density at radius 2 is 2.00 bits per heavy atom. The van der Waals surface area contributed by atoms with Gasteiger partial charge in [-0.2, -0.15) is 0 Å². The highest BCUT2D eigenvalue weighted by Crippen LogP contribution is 2.22. The number of nitrogens with zero attached hydrogens (tertiary/aromatic N) is 3. The SMILES string of the molecule is CCNC(=NCC1CCCN(C(C)C)C1)N1CC=C(c2ccccc2)CC1.I. The molecule has 1 aromatic rings. The monoisotopic (exact) mass is 496 g/mol. The predicted octanol–water partition coefficient (Wildman–Crippen LogP) is 4.48. The molecule has 2 aliphatic heterocycles. The van der Waals surface area contributed by atoms with Gasteiger partial charge in [-0.05, 0) is 63.6 Å². The van der Waals surface area contributed by atoms with Crippen LogP contribution in [0.25, 0.3) is 5.57 Å². The Balaban J connectivity index is 0.00000280. The van der Waals surface area contributed by atoms with Crippen LogP contribution in [-0.2, 0) is 0 Å². The lowest BCUT2D eigenvalue weighted by atomic mass is 9.97. The van der Waals surface area contributed by atoms with Gasteiger partial charge in [-0.3, -0.25) is 4.99 Å². The number of rotatable bonds is 5. The Labute approximate surface area is 188 Å². The molecule has 156 valence electrons. The number of halogens is 1. The molecule has 5 heteroatoms. The molecule has 1 unspecified atom stereocenters. The molecule has 28 heavy (non-hydrogen) atoms. The molecule has 0 aromatic heterocycles. The Morgan fingerprint density at radius 3 is 2.64 bits per heavy atom. The van der Waals surface area contributed by atoms with Gasteiger partial charge < -0.3 is 15.1 Å². The van der Waals surface area contributed by atoms with E-state index in [1.807, 2.05) is 0 Å². The van der Waals surface area contributed by atoms with E-state index in [0.29, 0.717) is 12.0 Å². The van der Waals surface area contributed by atoms with Crippen LogP contribution < -0.4 is 5.32 Å². The number of piperidine rings is 1. The summed E-state index contributed by atoms with van der Waals surface area (Å²) in [6, 6.07) is 11.4. The van der Waals surface area contributed by atoms with Crippen molar-refractivity contribution in [3.05, 3.63) is 42.0 Å². The lowest BCUT2D eigenvalue weighted by molar-refractivity contribution is 0.143. The smallest absolute Gasteiger partial charge is 0.194 e. The Hall–Kier alpha value is -1.08. The number of hydrogen-bond acceptors (Lipinski definition) is 2. The number of guanidine groups is 1. The van der Waals surface area contributed by atoms with E-state index in [0.717, 1.165) is 38.6 Å². The van der Waals surface area contributed by atoms with Gasteiger partial charge in [-0.25, -0.2) is 0 Å². The summed E-state index contributed by atoms with van der Waals surface area (Å²) < 4.78 is 0. The van der Waals surface area contributed by atoms with Crippen LogP contribution in [0.5, 0.6) is 0 Å². The van der Waals surface area contributed by atoms with Crippen molar-refractivity contribution in [2.45, 2.75) is 46.1 Å². The molecule has 0 aliphatic carbocycles. The highest BCUT2D eigenvalue weighted by molar-refractivity contribution is 14.0. The standard InChI is InChI=1S/C23H36N4.HI/c1-4-24-23(25-17-20-9-8-14-27(18-20)19(2)3)26-15-12-22(13-16-26)21-10-6-5-7-11-21;/h5-7,10-12,19-20H,4,8-9,13-18H2,1-3H3,(H,24,25);1H.